The van der Waals surface area contributed by atoms with E-state index < -0.39 is 0 Å². The van der Waals surface area contributed by atoms with Crippen molar-refractivity contribution in [3.63, 3.8) is 0 Å². The van der Waals surface area contributed by atoms with Crippen LogP contribution in [0.3, 0.4) is 0 Å². The van der Waals surface area contributed by atoms with Crippen LogP contribution in [0.25, 0.3) is 0 Å². The first-order valence-corrected chi connectivity index (χ1v) is 6.04. The van der Waals surface area contributed by atoms with Crippen LogP contribution in [0, 0.1) is 0 Å². The fourth-order valence-corrected chi connectivity index (χ4v) is 1.36. The second-order valence-corrected chi connectivity index (χ2v) is 3.76. The molecule has 5 heteroatoms. The van der Waals surface area contributed by atoms with Crippen LogP contribution in [0.5, 0.6) is 0 Å². The second kappa shape index (κ2) is 8.05. The SMILES string of the molecule is C=CCNC(=O)c1ccc(NC(=O)COCC)cc1. The molecule has 0 aliphatic rings. The number of ether oxygens (including phenoxy) is 1. The van der Waals surface area contributed by atoms with Crippen LogP contribution in [-0.4, -0.2) is 31.6 Å². The number of rotatable bonds is 7. The Balaban J connectivity index is 2.53. The summed E-state index contributed by atoms with van der Waals surface area (Å²) in [5, 5.41) is 5.35. The van der Waals surface area contributed by atoms with Crippen molar-refractivity contribution in [3.8, 4) is 0 Å². The van der Waals surface area contributed by atoms with Crippen LogP contribution in [0.4, 0.5) is 5.69 Å². The van der Waals surface area contributed by atoms with Gasteiger partial charge in [0.2, 0.25) is 5.91 Å². The Bertz CT molecular complexity index is 441. The quantitative estimate of drug-likeness (QED) is 0.733. The van der Waals surface area contributed by atoms with Crippen molar-refractivity contribution in [3.05, 3.63) is 42.5 Å². The van der Waals surface area contributed by atoms with E-state index in [9.17, 15) is 9.59 Å². The summed E-state index contributed by atoms with van der Waals surface area (Å²) in [6.45, 7) is 6.29. The van der Waals surface area contributed by atoms with E-state index >= 15 is 0 Å². The third kappa shape index (κ3) is 5.35. The molecule has 0 saturated heterocycles. The Morgan fingerprint density at radius 3 is 2.58 bits per heavy atom. The smallest absolute Gasteiger partial charge is 0.251 e. The van der Waals surface area contributed by atoms with E-state index in [1.54, 1.807) is 30.3 Å². The first kappa shape index (κ1) is 14.9. The average Bonchev–Trinajstić information content (AvgIpc) is 2.43. The van der Waals surface area contributed by atoms with Gasteiger partial charge in [0.1, 0.15) is 6.61 Å². The summed E-state index contributed by atoms with van der Waals surface area (Å²) in [4.78, 5) is 23.0. The standard InChI is InChI=1S/C14H18N2O3/c1-3-9-15-14(18)11-5-7-12(8-6-11)16-13(17)10-19-4-2/h3,5-8H,1,4,9-10H2,2H3,(H,15,18)(H,16,17). The summed E-state index contributed by atoms with van der Waals surface area (Å²) in [7, 11) is 0. The van der Waals surface area contributed by atoms with Gasteiger partial charge in [-0.15, -0.1) is 6.58 Å². The van der Waals surface area contributed by atoms with Crippen molar-refractivity contribution in [2.75, 3.05) is 25.1 Å². The Labute approximate surface area is 112 Å². The highest BCUT2D eigenvalue weighted by Gasteiger charge is 2.05. The maximum atomic E-state index is 11.6. The Morgan fingerprint density at radius 1 is 1.32 bits per heavy atom. The highest BCUT2D eigenvalue weighted by Crippen LogP contribution is 2.09. The minimum Gasteiger partial charge on any atom is -0.372 e. The van der Waals surface area contributed by atoms with Crippen LogP contribution in [0.2, 0.25) is 0 Å². The number of carbonyl (C=O) groups excluding carboxylic acids is 2. The van der Waals surface area contributed by atoms with Gasteiger partial charge in [-0.3, -0.25) is 9.59 Å². The molecule has 102 valence electrons. The van der Waals surface area contributed by atoms with Crippen LogP contribution in [0.1, 0.15) is 17.3 Å². The van der Waals surface area contributed by atoms with Crippen LogP contribution >= 0.6 is 0 Å². The molecule has 0 saturated carbocycles. The molecule has 0 aliphatic heterocycles. The van der Waals surface area contributed by atoms with Crippen LogP contribution < -0.4 is 10.6 Å². The van der Waals surface area contributed by atoms with E-state index in [1.165, 1.54) is 0 Å². The fraction of sp³-hybridized carbons (Fsp3) is 0.286. The number of benzene rings is 1. The zero-order chi connectivity index (χ0) is 14.1. The Morgan fingerprint density at radius 2 is 2.00 bits per heavy atom. The van der Waals surface area contributed by atoms with Gasteiger partial charge in [0.05, 0.1) is 0 Å². The molecule has 0 unspecified atom stereocenters. The summed E-state index contributed by atoms with van der Waals surface area (Å²) in [6.07, 6.45) is 1.61. The van der Waals surface area contributed by atoms with Gasteiger partial charge in [0.25, 0.3) is 5.91 Å². The highest BCUT2D eigenvalue weighted by molar-refractivity contribution is 5.96. The summed E-state index contributed by atoms with van der Waals surface area (Å²) in [5.74, 6) is -0.391. The van der Waals surface area contributed by atoms with Crippen LogP contribution in [-0.2, 0) is 9.53 Å². The molecule has 0 radical (unpaired) electrons. The van der Waals surface area contributed by atoms with Gasteiger partial charge in [-0.2, -0.15) is 0 Å². The molecule has 0 atom stereocenters. The molecule has 2 N–H and O–H groups in total. The topological polar surface area (TPSA) is 67.4 Å². The lowest BCUT2D eigenvalue weighted by Crippen LogP contribution is -2.23. The van der Waals surface area contributed by atoms with Crippen molar-refractivity contribution < 1.29 is 14.3 Å². The molecule has 1 rings (SSSR count). The highest BCUT2D eigenvalue weighted by atomic mass is 16.5. The van der Waals surface area contributed by atoms with Gasteiger partial charge in [-0.1, -0.05) is 6.08 Å². The van der Waals surface area contributed by atoms with E-state index in [4.69, 9.17) is 4.74 Å². The van der Waals surface area contributed by atoms with E-state index in [0.29, 0.717) is 24.4 Å². The van der Waals surface area contributed by atoms with Gasteiger partial charge >= 0.3 is 0 Å². The normalized spacial score (nSPS) is 9.74. The van der Waals surface area contributed by atoms with Gasteiger partial charge in [-0.05, 0) is 31.2 Å². The zero-order valence-electron chi connectivity index (χ0n) is 10.9. The molecular weight excluding hydrogens is 244 g/mol. The molecule has 0 bridgehead atoms. The maximum Gasteiger partial charge on any atom is 0.251 e. The third-order valence-electron chi connectivity index (χ3n) is 2.28. The van der Waals surface area contributed by atoms with Gasteiger partial charge in [-0.25, -0.2) is 0 Å². The van der Waals surface area contributed by atoms with Crippen molar-refractivity contribution in [1.29, 1.82) is 0 Å². The zero-order valence-corrected chi connectivity index (χ0v) is 10.9. The number of anilines is 1. The lowest BCUT2D eigenvalue weighted by atomic mass is 10.2. The molecular formula is C14H18N2O3. The average molecular weight is 262 g/mol. The van der Waals surface area contributed by atoms with E-state index in [0.717, 1.165) is 0 Å². The Hall–Kier alpha value is -2.14. The Kier molecular flexibility index (Phi) is 6.32. The van der Waals surface area contributed by atoms with Crippen molar-refractivity contribution in [1.82, 2.24) is 5.32 Å². The summed E-state index contributed by atoms with van der Waals surface area (Å²) in [5.41, 5.74) is 1.16. The summed E-state index contributed by atoms with van der Waals surface area (Å²) < 4.78 is 4.99. The first-order chi connectivity index (χ1) is 9.17. The molecule has 19 heavy (non-hydrogen) atoms. The molecule has 0 fully saturated rings. The lowest BCUT2D eigenvalue weighted by molar-refractivity contribution is -0.120. The largest absolute Gasteiger partial charge is 0.372 e. The van der Waals surface area contributed by atoms with Gasteiger partial charge in [0.15, 0.2) is 0 Å². The lowest BCUT2D eigenvalue weighted by Gasteiger charge is -2.06. The first-order valence-electron chi connectivity index (χ1n) is 6.04. The van der Waals surface area contributed by atoms with E-state index in [-0.39, 0.29) is 18.4 Å². The van der Waals surface area contributed by atoms with E-state index in [2.05, 4.69) is 17.2 Å². The molecule has 1 aromatic carbocycles. The van der Waals surface area contributed by atoms with Crippen molar-refractivity contribution in [2.24, 2.45) is 0 Å². The number of nitrogens with one attached hydrogen (secondary N) is 2. The molecule has 1 aromatic rings. The monoisotopic (exact) mass is 262 g/mol. The van der Waals surface area contributed by atoms with Crippen LogP contribution in [0.15, 0.2) is 36.9 Å². The summed E-state index contributed by atoms with van der Waals surface area (Å²) >= 11 is 0. The molecule has 0 aromatic heterocycles. The molecule has 5 nitrogen and oxygen atoms in total. The minimum absolute atomic E-state index is 0.0259. The second-order valence-electron chi connectivity index (χ2n) is 3.76. The predicted molar refractivity (Wildman–Crippen MR) is 74.1 cm³/mol. The van der Waals surface area contributed by atoms with Crippen molar-refractivity contribution >= 4 is 17.5 Å². The third-order valence-corrected chi connectivity index (χ3v) is 2.28. The number of carbonyl (C=O) groups is 2. The van der Waals surface area contributed by atoms with Gasteiger partial charge in [0, 0.05) is 24.4 Å². The molecule has 0 spiro atoms. The molecule has 2 amide bonds. The molecule has 0 heterocycles. The maximum absolute atomic E-state index is 11.6. The summed E-state index contributed by atoms with van der Waals surface area (Å²) in [6, 6.07) is 6.64. The van der Waals surface area contributed by atoms with Crippen molar-refractivity contribution in [2.45, 2.75) is 6.92 Å². The number of hydrogen-bond donors (Lipinski definition) is 2. The minimum atomic E-state index is -0.217. The fourth-order valence-electron chi connectivity index (χ4n) is 1.36. The van der Waals surface area contributed by atoms with Gasteiger partial charge < -0.3 is 15.4 Å². The predicted octanol–water partition coefficient (Wildman–Crippen LogP) is 1.58. The number of hydrogen-bond acceptors (Lipinski definition) is 3. The molecule has 0 aliphatic carbocycles. The number of amides is 2. The van der Waals surface area contributed by atoms with E-state index in [1.807, 2.05) is 6.92 Å².